The second-order valence-electron chi connectivity index (χ2n) is 5.56. The van der Waals surface area contributed by atoms with Gasteiger partial charge in [0.2, 0.25) is 0 Å². The molecule has 2 rings (SSSR count). The number of likely N-dealkylation sites (N-methyl/N-ethyl adjacent to an activating group) is 1. The number of nitrogens with zero attached hydrogens (tertiary/aromatic N) is 2. The van der Waals surface area contributed by atoms with Crippen molar-refractivity contribution in [3.05, 3.63) is 29.8 Å². The average molecular weight is 266 g/mol. The molecule has 0 aromatic carbocycles. The van der Waals surface area contributed by atoms with Crippen molar-refractivity contribution in [2.45, 2.75) is 43.7 Å². The highest BCUT2D eigenvalue weighted by Gasteiger charge is 2.43. The highest BCUT2D eigenvalue weighted by Crippen LogP contribution is 2.42. The van der Waals surface area contributed by atoms with Crippen LogP contribution in [0.4, 0.5) is 4.39 Å². The summed E-state index contributed by atoms with van der Waals surface area (Å²) in [5.41, 5.74) is 3.32. The first kappa shape index (κ1) is 14.4. The van der Waals surface area contributed by atoms with Crippen molar-refractivity contribution in [3.8, 4) is 0 Å². The monoisotopic (exact) mass is 266 g/mol. The maximum atomic E-state index is 14.0. The van der Waals surface area contributed by atoms with Gasteiger partial charge < -0.3 is 4.90 Å². The van der Waals surface area contributed by atoms with Crippen LogP contribution in [0.5, 0.6) is 0 Å². The van der Waals surface area contributed by atoms with Gasteiger partial charge in [-0.2, -0.15) is 0 Å². The molecule has 3 N–H and O–H groups in total. The minimum Gasteiger partial charge on any atom is -0.302 e. The van der Waals surface area contributed by atoms with Gasteiger partial charge >= 0.3 is 0 Å². The fourth-order valence-corrected chi connectivity index (χ4v) is 3.31. The smallest absolute Gasteiger partial charge is 0.146 e. The summed E-state index contributed by atoms with van der Waals surface area (Å²) < 4.78 is 14.0. The fraction of sp³-hybridized carbons (Fsp3) is 0.643. The zero-order valence-corrected chi connectivity index (χ0v) is 11.7. The Morgan fingerprint density at radius 1 is 1.37 bits per heavy atom. The Balaban J connectivity index is 2.40. The van der Waals surface area contributed by atoms with Gasteiger partial charge in [-0.15, -0.1) is 0 Å². The lowest BCUT2D eigenvalue weighted by Crippen LogP contribution is -2.56. The van der Waals surface area contributed by atoms with Crippen LogP contribution in [-0.2, 0) is 0 Å². The molecule has 0 radical (unpaired) electrons. The van der Waals surface area contributed by atoms with E-state index in [0.29, 0.717) is 5.56 Å². The van der Waals surface area contributed by atoms with Gasteiger partial charge in [0.05, 0.1) is 12.2 Å². The molecular weight excluding hydrogens is 243 g/mol. The molecule has 1 fully saturated rings. The first-order chi connectivity index (χ1) is 9.12. The molecule has 106 valence electrons. The molecule has 0 bridgehead atoms. The third-order valence-corrected chi connectivity index (χ3v) is 4.43. The highest BCUT2D eigenvalue weighted by molar-refractivity contribution is 5.23. The SMILES string of the molecule is CN(C)C1(C(NN)c2ccncc2F)CCCCC1. The lowest BCUT2D eigenvalue weighted by molar-refractivity contribution is 0.0550. The van der Waals surface area contributed by atoms with Crippen molar-refractivity contribution >= 4 is 0 Å². The molecule has 1 atom stereocenters. The molecule has 1 saturated carbocycles. The summed E-state index contributed by atoms with van der Waals surface area (Å²) in [6.07, 6.45) is 8.48. The molecule has 0 amide bonds. The van der Waals surface area contributed by atoms with Crippen molar-refractivity contribution in [1.29, 1.82) is 0 Å². The molecule has 1 unspecified atom stereocenters. The van der Waals surface area contributed by atoms with Crippen LogP contribution in [0.25, 0.3) is 0 Å². The van der Waals surface area contributed by atoms with E-state index >= 15 is 0 Å². The number of nitrogens with two attached hydrogens (primary N) is 1. The van der Waals surface area contributed by atoms with E-state index in [0.717, 1.165) is 25.7 Å². The largest absolute Gasteiger partial charge is 0.302 e. The van der Waals surface area contributed by atoms with Crippen molar-refractivity contribution in [2.24, 2.45) is 5.84 Å². The van der Waals surface area contributed by atoms with Crippen molar-refractivity contribution in [3.63, 3.8) is 0 Å². The average Bonchev–Trinajstić information content (AvgIpc) is 2.42. The van der Waals surface area contributed by atoms with E-state index in [-0.39, 0.29) is 17.4 Å². The van der Waals surface area contributed by atoms with Gasteiger partial charge in [0.25, 0.3) is 0 Å². The van der Waals surface area contributed by atoms with Gasteiger partial charge in [-0.3, -0.25) is 16.3 Å². The van der Waals surface area contributed by atoms with Crippen LogP contribution in [0.2, 0.25) is 0 Å². The highest BCUT2D eigenvalue weighted by atomic mass is 19.1. The van der Waals surface area contributed by atoms with Crippen LogP contribution < -0.4 is 11.3 Å². The first-order valence-electron chi connectivity index (χ1n) is 6.85. The van der Waals surface area contributed by atoms with Gasteiger partial charge in [0.15, 0.2) is 0 Å². The van der Waals surface area contributed by atoms with E-state index in [1.807, 2.05) is 0 Å². The molecule has 0 aliphatic heterocycles. The Morgan fingerprint density at radius 2 is 2.05 bits per heavy atom. The molecule has 1 aromatic rings. The zero-order chi connectivity index (χ0) is 13.9. The van der Waals surface area contributed by atoms with Gasteiger partial charge in [0.1, 0.15) is 5.82 Å². The minimum absolute atomic E-state index is 0.130. The Hall–Kier alpha value is -1.04. The van der Waals surface area contributed by atoms with E-state index in [4.69, 9.17) is 5.84 Å². The van der Waals surface area contributed by atoms with E-state index < -0.39 is 0 Å². The van der Waals surface area contributed by atoms with Gasteiger partial charge in [-0.05, 0) is 33.0 Å². The number of halogens is 1. The Morgan fingerprint density at radius 3 is 2.58 bits per heavy atom. The van der Waals surface area contributed by atoms with Crippen LogP contribution in [0.1, 0.15) is 43.7 Å². The second-order valence-corrected chi connectivity index (χ2v) is 5.56. The predicted octanol–water partition coefficient (Wildman–Crippen LogP) is 1.99. The molecule has 1 aliphatic carbocycles. The van der Waals surface area contributed by atoms with Crippen LogP contribution in [0.3, 0.4) is 0 Å². The van der Waals surface area contributed by atoms with Crippen LogP contribution >= 0.6 is 0 Å². The summed E-state index contributed by atoms with van der Waals surface area (Å²) in [5, 5.41) is 0. The summed E-state index contributed by atoms with van der Waals surface area (Å²) in [6.45, 7) is 0. The Kier molecular flexibility index (Phi) is 4.50. The minimum atomic E-state index is -0.294. The molecule has 1 aliphatic rings. The molecule has 1 aromatic heterocycles. The fourth-order valence-electron chi connectivity index (χ4n) is 3.31. The summed E-state index contributed by atoms with van der Waals surface area (Å²) >= 11 is 0. The summed E-state index contributed by atoms with van der Waals surface area (Å²) in [5.74, 6) is 5.47. The van der Waals surface area contributed by atoms with Gasteiger partial charge in [-0.25, -0.2) is 4.39 Å². The van der Waals surface area contributed by atoms with E-state index in [9.17, 15) is 4.39 Å². The maximum absolute atomic E-state index is 14.0. The van der Waals surface area contributed by atoms with Crippen LogP contribution in [0.15, 0.2) is 18.5 Å². The molecular formula is C14H23FN4. The molecule has 5 heteroatoms. The number of pyridine rings is 1. The normalized spacial score (nSPS) is 20.5. The number of nitrogens with one attached hydrogen (secondary N) is 1. The number of hydrazine groups is 1. The summed E-state index contributed by atoms with van der Waals surface area (Å²) in [6, 6.07) is 1.51. The Labute approximate surface area is 114 Å². The predicted molar refractivity (Wildman–Crippen MR) is 73.8 cm³/mol. The number of rotatable bonds is 4. The quantitative estimate of drug-likeness (QED) is 0.646. The van der Waals surface area contributed by atoms with Gasteiger partial charge in [0, 0.05) is 17.3 Å². The molecule has 0 saturated heterocycles. The standard InChI is InChI=1S/C14H23FN4/c1-19(2)14(7-4-3-5-8-14)13(18-16)11-6-9-17-10-12(11)15/h6,9-10,13,18H,3-5,7-8,16H2,1-2H3. The van der Waals surface area contributed by atoms with Crippen LogP contribution in [-0.4, -0.2) is 29.5 Å². The van der Waals surface area contributed by atoms with Crippen molar-refractivity contribution in [1.82, 2.24) is 15.3 Å². The number of aromatic nitrogens is 1. The van der Waals surface area contributed by atoms with Crippen molar-refractivity contribution in [2.75, 3.05) is 14.1 Å². The molecule has 19 heavy (non-hydrogen) atoms. The third-order valence-electron chi connectivity index (χ3n) is 4.43. The number of hydrogen-bond donors (Lipinski definition) is 2. The van der Waals surface area contributed by atoms with Crippen molar-refractivity contribution < 1.29 is 4.39 Å². The lowest BCUT2D eigenvalue weighted by atomic mass is 9.73. The Bertz CT molecular complexity index is 416. The van der Waals surface area contributed by atoms with E-state index in [1.54, 1.807) is 12.3 Å². The van der Waals surface area contributed by atoms with E-state index in [1.165, 1.54) is 12.6 Å². The zero-order valence-electron chi connectivity index (χ0n) is 11.7. The topological polar surface area (TPSA) is 54.2 Å². The third kappa shape index (κ3) is 2.63. The molecule has 0 spiro atoms. The lowest BCUT2D eigenvalue weighted by Gasteiger charge is -2.48. The number of hydrogen-bond acceptors (Lipinski definition) is 4. The second kappa shape index (κ2) is 5.94. The van der Waals surface area contributed by atoms with Crippen LogP contribution in [0, 0.1) is 5.82 Å². The van der Waals surface area contributed by atoms with E-state index in [2.05, 4.69) is 29.4 Å². The summed E-state index contributed by atoms with van der Waals surface area (Å²) in [7, 11) is 4.10. The molecule has 4 nitrogen and oxygen atoms in total. The maximum Gasteiger partial charge on any atom is 0.146 e. The van der Waals surface area contributed by atoms with Gasteiger partial charge in [-0.1, -0.05) is 19.3 Å². The molecule has 1 heterocycles. The first-order valence-corrected chi connectivity index (χ1v) is 6.85. The summed E-state index contributed by atoms with van der Waals surface area (Å²) in [4.78, 5) is 6.01.